The van der Waals surface area contributed by atoms with Crippen LogP contribution in [0.3, 0.4) is 0 Å². The zero-order valence-electron chi connectivity index (χ0n) is 14.8. The van der Waals surface area contributed by atoms with Gasteiger partial charge in [-0.25, -0.2) is 21.9 Å². The summed E-state index contributed by atoms with van der Waals surface area (Å²) in [5.41, 5.74) is 0. The van der Waals surface area contributed by atoms with Gasteiger partial charge < -0.3 is 10.6 Å². The maximum Gasteiger partial charge on any atom is 0.242 e. The Morgan fingerprint density at radius 2 is 1.77 bits per heavy atom. The molecule has 0 saturated carbocycles. The SMILES string of the molecule is CCC(C)NC(=O)C(C)NC(=O)CCNS(=O)(=O)c1ccc(F)c(F)c1. The predicted molar refractivity (Wildman–Crippen MR) is 91.7 cm³/mol. The van der Waals surface area contributed by atoms with Gasteiger partial charge in [-0.05, 0) is 38.5 Å². The van der Waals surface area contributed by atoms with Crippen molar-refractivity contribution in [3.63, 3.8) is 0 Å². The molecule has 2 atom stereocenters. The number of benzene rings is 1. The molecule has 1 aromatic carbocycles. The molecule has 0 spiro atoms. The molecule has 1 aromatic rings. The van der Waals surface area contributed by atoms with E-state index in [1.54, 1.807) is 0 Å². The number of carbonyl (C=O) groups is 2. The summed E-state index contributed by atoms with van der Waals surface area (Å²) in [4.78, 5) is 23.2. The highest BCUT2D eigenvalue weighted by Crippen LogP contribution is 2.13. The topological polar surface area (TPSA) is 104 Å². The minimum Gasteiger partial charge on any atom is -0.352 e. The fraction of sp³-hybridized carbons (Fsp3) is 0.500. The Kier molecular flexibility index (Phi) is 8.09. The second-order valence-electron chi connectivity index (χ2n) is 5.83. The number of nitrogens with one attached hydrogen (secondary N) is 3. The number of hydrogen-bond donors (Lipinski definition) is 3. The van der Waals surface area contributed by atoms with Crippen LogP contribution >= 0.6 is 0 Å². The summed E-state index contributed by atoms with van der Waals surface area (Å²) in [7, 11) is -4.08. The number of carbonyl (C=O) groups excluding carboxylic acids is 2. The molecule has 1 rings (SSSR count). The van der Waals surface area contributed by atoms with Gasteiger partial charge in [-0.2, -0.15) is 0 Å². The average Bonchev–Trinajstić information content (AvgIpc) is 2.56. The van der Waals surface area contributed by atoms with Gasteiger partial charge in [-0.15, -0.1) is 0 Å². The summed E-state index contributed by atoms with van der Waals surface area (Å²) in [6.07, 6.45) is 0.530. The lowest BCUT2D eigenvalue weighted by molar-refractivity contribution is -0.128. The minimum atomic E-state index is -4.08. The van der Waals surface area contributed by atoms with Crippen molar-refractivity contribution in [1.82, 2.24) is 15.4 Å². The fourth-order valence-electron chi connectivity index (χ4n) is 1.88. The Balaban J connectivity index is 2.49. The molecule has 0 aliphatic carbocycles. The predicted octanol–water partition coefficient (Wildman–Crippen LogP) is 1.05. The average molecular weight is 391 g/mol. The first-order chi connectivity index (χ1) is 12.1. The van der Waals surface area contributed by atoms with Gasteiger partial charge in [0.1, 0.15) is 6.04 Å². The van der Waals surface area contributed by atoms with Crippen molar-refractivity contribution in [2.75, 3.05) is 6.54 Å². The van der Waals surface area contributed by atoms with Gasteiger partial charge in [0, 0.05) is 19.0 Å². The smallest absolute Gasteiger partial charge is 0.242 e. The summed E-state index contributed by atoms with van der Waals surface area (Å²) < 4.78 is 52.0. The third kappa shape index (κ3) is 6.68. The van der Waals surface area contributed by atoms with E-state index in [1.165, 1.54) is 6.92 Å². The second kappa shape index (κ2) is 9.58. The van der Waals surface area contributed by atoms with Gasteiger partial charge in [0.2, 0.25) is 21.8 Å². The largest absolute Gasteiger partial charge is 0.352 e. The number of halogens is 2. The van der Waals surface area contributed by atoms with Crippen molar-refractivity contribution < 1.29 is 26.8 Å². The van der Waals surface area contributed by atoms with Gasteiger partial charge in [0.25, 0.3) is 0 Å². The van der Waals surface area contributed by atoms with Crippen LogP contribution in [-0.2, 0) is 19.6 Å². The minimum absolute atomic E-state index is 0.0234. The van der Waals surface area contributed by atoms with Crippen LogP contribution in [0.2, 0.25) is 0 Å². The van der Waals surface area contributed by atoms with Crippen molar-refractivity contribution in [2.24, 2.45) is 0 Å². The van der Waals surface area contributed by atoms with E-state index in [0.29, 0.717) is 12.1 Å². The van der Waals surface area contributed by atoms with Crippen LogP contribution in [0.1, 0.15) is 33.6 Å². The Hall–Kier alpha value is -2.07. The molecule has 0 fully saturated rings. The summed E-state index contributed by atoms with van der Waals surface area (Å²) in [6, 6.07) is 1.39. The normalized spacial score (nSPS) is 13.7. The number of sulfonamides is 1. The van der Waals surface area contributed by atoms with Gasteiger partial charge >= 0.3 is 0 Å². The third-order valence-corrected chi connectivity index (χ3v) is 5.08. The van der Waals surface area contributed by atoms with Crippen LogP contribution < -0.4 is 15.4 Å². The highest BCUT2D eigenvalue weighted by molar-refractivity contribution is 7.89. The summed E-state index contributed by atoms with van der Waals surface area (Å²) >= 11 is 0. The van der Waals surface area contributed by atoms with Crippen LogP contribution in [0.15, 0.2) is 23.1 Å². The summed E-state index contributed by atoms with van der Waals surface area (Å²) in [5, 5.41) is 5.17. The Labute approximate surface area is 151 Å². The van der Waals surface area contributed by atoms with E-state index in [9.17, 15) is 26.8 Å². The van der Waals surface area contributed by atoms with Gasteiger partial charge in [0.05, 0.1) is 4.90 Å². The molecule has 0 aliphatic rings. The van der Waals surface area contributed by atoms with Crippen molar-refractivity contribution >= 4 is 21.8 Å². The lowest BCUT2D eigenvalue weighted by atomic mass is 10.2. The van der Waals surface area contributed by atoms with E-state index in [1.807, 2.05) is 13.8 Å². The van der Waals surface area contributed by atoms with Crippen molar-refractivity contribution in [3.8, 4) is 0 Å². The van der Waals surface area contributed by atoms with Crippen molar-refractivity contribution in [1.29, 1.82) is 0 Å². The highest BCUT2D eigenvalue weighted by Gasteiger charge is 2.19. The van der Waals surface area contributed by atoms with Crippen LogP contribution in [0.5, 0.6) is 0 Å². The van der Waals surface area contributed by atoms with E-state index in [-0.39, 0.29) is 24.9 Å². The summed E-state index contributed by atoms with van der Waals surface area (Å²) in [5.74, 6) is -3.31. The summed E-state index contributed by atoms with van der Waals surface area (Å²) in [6.45, 7) is 5.00. The Bertz CT molecular complexity index is 756. The number of hydrogen-bond acceptors (Lipinski definition) is 4. The molecule has 146 valence electrons. The first-order valence-corrected chi connectivity index (χ1v) is 9.59. The third-order valence-electron chi connectivity index (χ3n) is 3.62. The van der Waals surface area contributed by atoms with Gasteiger partial charge in [-0.1, -0.05) is 6.92 Å². The molecule has 10 heteroatoms. The molecule has 7 nitrogen and oxygen atoms in total. The quantitative estimate of drug-likeness (QED) is 0.585. The molecule has 2 amide bonds. The molecular weight excluding hydrogens is 368 g/mol. The zero-order valence-corrected chi connectivity index (χ0v) is 15.6. The van der Waals surface area contributed by atoms with Crippen molar-refractivity contribution in [3.05, 3.63) is 29.8 Å². The second-order valence-corrected chi connectivity index (χ2v) is 7.60. The molecule has 0 radical (unpaired) electrons. The van der Waals surface area contributed by atoms with Gasteiger partial charge in [0.15, 0.2) is 11.6 Å². The van der Waals surface area contributed by atoms with Gasteiger partial charge in [-0.3, -0.25) is 9.59 Å². The lowest BCUT2D eigenvalue weighted by Gasteiger charge is -2.17. The molecule has 0 heterocycles. The maximum atomic E-state index is 13.1. The van der Waals surface area contributed by atoms with Crippen LogP contribution in [0, 0.1) is 11.6 Å². The molecular formula is C16H23F2N3O4S. The lowest BCUT2D eigenvalue weighted by Crippen LogP contribution is -2.47. The monoisotopic (exact) mass is 391 g/mol. The van der Waals surface area contributed by atoms with E-state index < -0.39 is 38.5 Å². The highest BCUT2D eigenvalue weighted by atomic mass is 32.2. The van der Waals surface area contributed by atoms with Crippen LogP contribution in [0.25, 0.3) is 0 Å². The van der Waals surface area contributed by atoms with Crippen LogP contribution in [0.4, 0.5) is 8.78 Å². The molecule has 0 aliphatic heterocycles. The molecule has 26 heavy (non-hydrogen) atoms. The first-order valence-electron chi connectivity index (χ1n) is 8.11. The standard InChI is InChI=1S/C16H23F2N3O4S/c1-4-10(2)20-16(23)11(3)21-15(22)7-8-19-26(24,25)12-5-6-13(17)14(18)9-12/h5-6,9-11,19H,4,7-8H2,1-3H3,(H,20,23)(H,21,22). The van der Waals surface area contributed by atoms with Crippen molar-refractivity contribution in [2.45, 2.75) is 50.6 Å². The van der Waals surface area contributed by atoms with E-state index >= 15 is 0 Å². The first kappa shape index (κ1) is 22.0. The molecule has 0 saturated heterocycles. The Morgan fingerprint density at radius 1 is 1.12 bits per heavy atom. The molecule has 3 N–H and O–H groups in total. The number of amides is 2. The van der Waals surface area contributed by atoms with E-state index in [2.05, 4.69) is 15.4 Å². The number of rotatable bonds is 9. The maximum absolute atomic E-state index is 13.1. The molecule has 0 aromatic heterocycles. The zero-order chi connectivity index (χ0) is 19.9. The van der Waals surface area contributed by atoms with Crippen LogP contribution in [-0.4, -0.2) is 38.9 Å². The fourth-order valence-corrected chi connectivity index (χ4v) is 2.92. The molecule has 2 unspecified atom stereocenters. The van der Waals surface area contributed by atoms with E-state index in [4.69, 9.17) is 0 Å². The van der Waals surface area contributed by atoms with E-state index in [0.717, 1.165) is 12.5 Å². The molecule has 0 bridgehead atoms. The Morgan fingerprint density at radius 3 is 2.35 bits per heavy atom.